The van der Waals surface area contributed by atoms with Crippen LogP contribution in [0.15, 0.2) is 54.9 Å². The second-order valence-electron chi connectivity index (χ2n) is 10.3. The van der Waals surface area contributed by atoms with Crippen molar-refractivity contribution in [1.29, 1.82) is 5.26 Å². The van der Waals surface area contributed by atoms with Crippen molar-refractivity contribution in [2.45, 2.75) is 32.2 Å². The molecule has 2 aromatic carbocycles. The molecule has 0 saturated carbocycles. The van der Waals surface area contributed by atoms with E-state index in [1.165, 1.54) is 0 Å². The molecule has 0 unspecified atom stereocenters. The van der Waals surface area contributed by atoms with E-state index in [4.69, 9.17) is 15.0 Å². The second-order valence-corrected chi connectivity index (χ2v) is 10.3. The van der Waals surface area contributed by atoms with Gasteiger partial charge in [0.15, 0.2) is 11.5 Å². The Balaban J connectivity index is 1.55. The molecule has 4 heterocycles. The zero-order valence-electron chi connectivity index (χ0n) is 22.4. The number of hydrogen-bond donors (Lipinski definition) is 0. The summed E-state index contributed by atoms with van der Waals surface area (Å²) in [5.74, 6) is 1.97. The van der Waals surface area contributed by atoms with Crippen molar-refractivity contribution >= 4 is 22.5 Å². The van der Waals surface area contributed by atoms with Gasteiger partial charge in [-0.2, -0.15) is 5.26 Å². The van der Waals surface area contributed by atoms with Crippen molar-refractivity contribution in [3.05, 3.63) is 66.2 Å². The number of imidazole rings is 2. The van der Waals surface area contributed by atoms with Crippen LogP contribution in [0.25, 0.3) is 39.2 Å². The zero-order chi connectivity index (χ0) is 26.4. The van der Waals surface area contributed by atoms with Crippen LogP contribution in [0.1, 0.15) is 31.2 Å². The van der Waals surface area contributed by atoms with Crippen LogP contribution >= 0.6 is 0 Å². The molecule has 1 aliphatic heterocycles. The first-order valence-electron chi connectivity index (χ1n) is 13.2. The lowest BCUT2D eigenvalue weighted by molar-refractivity contribution is 0.249. The minimum Gasteiger partial charge on any atom is -0.353 e. The van der Waals surface area contributed by atoms with Gasteiger partial charge >= 0.3 is 0 Å². The van der Waals surface area contributed by atoms with E-state index in [0.29, 0.717) is 11.6 Å². The third-order valence-corrected chi connectivity index (χ3v) is 7.87. The molecule has 1 aliphatic rings. The average molecular weight is 505 g/mol. The maximum Gasteiger partial charge on any atom is 0.180 e. The number of piperidine rings is 1. The summed E-state index contributed by atoms with van der Waals surface area (Å²) in [6.07, 6.45) is 6.93. The highest BCUT2D eigenvalue weighted by atomic mass is 15.2. The molecular weight excluding hydrogens is 472 g/mol. The van der Waals surface area contributed by atoms with Crippen LogP contribution in [0.2, 0.25) is 0 Å². The molecule has 0 bridgehead atoms. The van der Waals surface area contributed by atoms with Crippen molar-refractivity contribution in [3.8, 4) is 28.6 Å². The molecule has 0 N–H and O–H groups in total. The lowest BCUT2D eigenvalue weighted by Gasteiger charge is -2.36. The fourth-order valence-electron chi connectivity index (χ4n) is 5.67. The normalized spacial score (nSPS) is 14.6. The molecule has 38 heavy (non-hydrogen) atoms. The highest BCUT2D eigenvalue weighted by Crippen LogP contribution is 2.37. The van der Waals surface area contributed by atoms with Crippen molar-refractivity contribution in [2.75, 3.05) is 32.1 Å². The number of anilines is 1. The summed E-state index contributed by atoms with van der Waals surface area (Å²) in [6.45, 7) is 4.00. The SMILES string of the molecule is CCc1nc2cc(-c3c(-c4ccc(C#N)cc4)nc(N4CCC(N(C)C)CC4)c4nccn34)ccc2n1C. The fraction of sp³-hybridized carbons (Fsp3) is 0.333. The van der Waals surface area contributed by atoms with Crippen molar-refractivity contribution in [1.82, 2.24) is 28.8 Å². The van der Waals surface area contributed by atoms with Crippen LogP contribution < -0.4 is 4.90 Å². The Morgan fingerprint density at radius 3 is 2.45 bits per heavy atom. The molecule has 0 aliphatic carbocycles. The van der Waals surface area contributed by atoms with E-state index in [1.807, 2.05) is 36.7 Å². The number of aromatic nitrogens is 5. The van der Waals surface area contributed by atoms with Gasteiger partial charge in [0, 0.05) is 56.1 Å². The van der Waals surface area contributed by atoms with E-state index in [2.05, 4.69) is 71.1 Å². The molecule has 1 fully saturated rings. The molecule has 5 aromatic rings. The first-order valence-corrected chi connectivity index (χ1v) is 13.2. The van der Waals surface area contributed by atoms with Crippen LogP contribution in [-0.4, -0.2) is 62.0 Å². The Morgan fingerprint density at radius 1 is 1.03 bits per heavy atom. The summed E-state index contributed by atoms with van der Waals surface area (Å²) in [6, 6.07) is 16.9. The Hall–Kier alpha value is -4.22. The summed E-state index contributed by atoms with van der Waals surface area (Å²) in [4.78, 5) is 19.7. The third-order valence-electron chi connectivity index (χ3n) is 7.87. The monoisotopic (exact) mass is 504 g/mol. The van der Waals surface area contributed by atoms with Gasteiger partial charge < -0.3 is 14.4 Å². The standard InChI is InChI=1S/C30H32N8/c1-5-26-33-24-18-22(10-11-25(24)36(26)4)28-27(21-8-6-20(19-31)7-9-21)34-30(29-32-14-17-38(28)29)37-15-12-23(13-16-37)35(2)3/h6-11,14,17-18,23H,5,12-13,15-16H2,1-4H3. The van der Waals surface area contributed by atoms with Gasteiger partial charge in [-0.1, -0.05) is 25.1 Å². The molecule has 8 heteroatoms. The van der Waals surface area contributed by atoms with Gasteiger partial charge in [-0.15, -0.1) is 0 Å². The largest absolute Gasteiger partial charge is 0.353 e. The van der Waals surface area contributed by atoms with Gasteiger partial charge in [0.25, 0.3) is 0 Å². The van der Waals surface area contributed by atoms with Gasteiger partial charge in [0.2, 0.25) is 0 Å². The van der Waals surface area contributed by atoms with E-state index in [9.17, 15) is 5.26 Å². The highest BCUT2D eigenvalue weighted by molar-refractivity contribution is 5.88. The van der Waals surface area contributed by atoms with Crippen LogP contribution in [0.5, 0.6) is 0 Å². The quantitative estimate of drug-likeness (QED) is 0.338. The minimum absolute atomic E-state index is 0.581. The molecule has 1 saturated heterocycles. The predicted octanol–water partition coefficient (Wildman–Crippen LogP) is 4.91. The second kappa shape index (κ2) is 9.58. The van der Waals surface area contributed by atoms with Gasteiger partial charge in [-0.05, 0) is 51.2 Å². The first kappa shape index (κ1) is 24.1. The number of fused-ring (bicyclic) bond motifs is 2. The maximum atomic E-state index is 9.37. The van der Waals surface area contributed by atoms with E-state index < -0.39 is 0 Å². The van der Waals surface area contributed by atoms with Crippen molar-refractivity contribution in [2.24, 2.45) is 7.05 Å². The number of nitrogens with zero attached hydrogens (tertiary/aromatic N) is 8. The Morgan fingerprint density at radius 2 is 1.76 bits per heavy atom. The first-order chi connectivity index (χ1) is 18.5. The van der Waals surface area contributed by atoms with Crippen LogP contribution in [0.3, 0.4) is 0 Å². The Labute approximate surface area is 222 Å². The van der Waals surface area contributed by atoms with E-state index in [1.54, 1.807) is 0 Å². The summed E-state index contributed by atoms with van der Waals surface area (Å²) >= 11 is 0. The fourth-order valence-corrected chi connectivity index (χ4v) is 5.67. The van der Waals surface area contributed by atoms with Gasteiger partial charge in [-0.25, -0.2) is 15.0 Å². The number of nitriles is 1. The molecule has 0 amide bonds. The number of aryl methyl sites for hydroxylation is 2. The summed E-state index contributed by atoms with van der Waals surface area (Å²) in [7, 11) is 6.38. The topological polar surface area (TPSA) is 78.3 Å². The molecule has 0 radical (unpaired) electrons. The molecule has 192 valence electrons. The number of hydrogen-bond acceptors (Lipinski definition) is 6. The average Bonchev–Trinajstić information content (AvgIpc) is 3.56. The van der Waals surface area contributed by atoms with Crippen LogP contribution in [0.4, 0.5) is 5.82 Å². The number of rotatable bonds is 5. The van der Waals surface area contributed by atoms with E-state index >= 15 is 0 Å². The van der Waals surface area contributed by atoms with Crippen LogP contribution in [-0.2, 0) is 13.5 Å². The molecule has 0 spiro atoms. The van der Waals surface area contributed by atoms with Crippen molar-refractivity contribution in [3.63, 3.8) is 0 Å². The van der Waals surface area contributed by atoms with Crippen LogP contribution in [0, 0.1) is 11.3 Å². The predicted molar refractivity (Wildman–Crippen MR) is 151 cm³/mol. The zero-order valence-corrected chi connectivity index (χ0v) is 22.4. The summed E-state index contributed by atoms with van der Waals surface area (Å²) in [5, 5.41) is 9.37. The smallest absolute Gasteiger partial charge is 0.180 e. The summed E-state index contributed by atoms with van der Waals surface area (Å²) < 4.78 is 4.32. The maximum absolute atomic E-state index is 9.37. The molecule has 3 aromatic heterocycles. The molecule has 6 rings (SSSR count). The van der Waals surface area contributed by atoms with Crippen molar-refractivity contribution < 1.29 is 0 Å². The Bertz CT molecular complexity index is 1660. The van der Waals surface area contributed by atoms with Gasteiger partial charge in [0.1, 0.15) is 5.82 Å². The Kier molecular flexibility index (Phi) is 6.09. The minimum atomic E-state index is 0.581. The van der Waals surface area contributed by atoms with E-state index in [-0.39, 0.29) is 0 Å². The molecule has 8 nitrogen and oxygen atoms in total. The molecular formula is C30H32N8. The highest BCUT2D eigenvalue weighted by Gasteiger charge is 2.26. The van der Waals surface area contributed by atoms with E-state index in [0.717, 1.165) is 83.2 Å². The summed E-state index contributed by atoms with van der Waals surface area (Å²) in [5.41, 5.74) is 7.41. The number of benzene rings is 2. The van der Waals surface area contributed by atoms with Gasteiger partial charge in [-0.3, -0.25) is 4.40 Å². The lowest BCUT2D eigenvalue weighted by Crippen LogP contribution is -2.42. The third kappa shape index (κ3) is 4.00. The van der Waals surface area contributed by atoms with Gasteiger partial charge in [0.05, 0.1) is 34.1 Å². The lowest BCUT2D eigenvalue weighted by atomic mass is 10.0. The molecule has 0 atom stereocenters.